The van der Waals surface area contributed by atoms with Gasteiger partial charge in [-0.15, -0.1) is 0 Å². The van der Waals surface area contributed by atoms with Crippen molar-refractivity contribution in [3.8, 4) is 11.5 Å². The summed E-state index contributed by atoms with van der Waals surface area (Å²) in [6.45, 7) is 1.80. The minimum absolute atomic E-state index is 0.260. The van der Waals surface area contributed by atoms with Crippen LogP contribution < -0.4 is 14.8 Å². The summed E-state index contributed by atoms with van der Waals surface area (Å²) in [5, 5.41) is 4.17. The number of ether oxygens (including phenoxy) is 2. The number of halogens is 1. The Bertz CT molecular complexity index is 658. The van der Waals surface area contributed by atoms with Gasteiger partial charge in [0.1, 0.15) is 0 Å². The van der Waals surface area contributed by atoms with Gasteiger partial charge in [0.15, 0.2) is 11.5 Å². The highest BCUT2D eigenvalue weighted by atomic mass is 35.5. The lowest BCUT2D eigenvalue weighted by atomic mass is 9.87. The van der Waals surface area contributed by atoms with Crippen LogP contribution >= 0.6 is 11.6 Å². The quantitative estimate of drug-likeness (QED) is 0.937. The van der Waals surface area contributed by atoms with E-state index in [1.807, 2.05) is 6.07 Å². The molecule has 2 aromatic rings. The predicted octanol–water partition coefficient (Wildman–Crippen LogP) is 3.63. The fourth-order valence-electron chi connectivity index (χ4n) is 3.13. The number of nitrogens with one attached hydrogen (secondary N) is 1. The van der Waals surface area contributed by atoms with Crippen molar-refractivity contribution in [3.05, 3.63) is 58.1 Å². The maximum atomic E-state index is 6.60. The molecule has 0 saturated heterocycles. The highest BCUT2D eigenvalue weighted by molar-refractivity contribution is 6.33. The van der Waals surface area contributed by atoms with Crippen molar-refractivity contribution in [3.63, 3.8) is 0 Å². The zero-order chi connectivity index (χ0) is 15.5. The van der Waals surface area contributed by atoms with Gasteiger partial charge in [-0.2, -0.15) is 0 Å². The highest BCUT2D eigenvalue weighted by Crippen LogP contribution is 2.43. The van der Waals surface area contributed by atoms with Crippen LogP contribution in [0.25, 0.3) is 0 Å². The van der Waals surface area contributed by atoms with E-state index in [4.69, 9.17) is 21.1 Å². The molecule has 4 heteroatoms. The Hall–Kier alpha value is -1.71. The van der Waals surface area contributed by atoms with Crippen molar-refractivity contribution in [2.75, 3.05) is 27.3 Å². The minimum Gasteiger partial charge on any atom is -0.493 e. The predicted molar refractivity (Wildman–Crippen MR) is 89.4 cm³/mol. The van der Waals surface area contributed by atoms with E-state index in [1.54, 1.807) is 14.2 Å². The van der Waals surface area contributed by atoms with Gasteiger partial charge in [0.25, 0.3) is 0 Å². The Morgan fingerprint density at radius 1 is 1.14 bits per heavy atom. The van der Waals surface area contributed by atoms with E-state index in [1.165, 1.54) is 11.1 Å². The number of fused-ring (bicyclic) bond motifs is 1. The van der Waals surface area contributed by atoms with Gasteiger partial charge >= 0.3 is 0 Å². The first kappa shape index (κ1) is 15.2. The molecule has 0 bridgehead atoms. The van der Waals surface area contributed by atoms with Crippen molar-refractivity contribution in [2.24, 2.45) is 0 Å². The van der Waals surface area contributed by atoms with Crippen LogP contribution in [0, 0.1) is 0 Å². The summed E-state index contributed by atoms with van der Waals surface area (Å²) in [5.74, 6) is 1.57. The highest BCUT2D eigenvalue weighted by Gasteiger charge is 2.26. The second-order valence-electron chi connectivity index (χ2n) is 5.41. The lowest BCUT2D eigenvalue weighted by Gasteiger charge is -2.21. The average Bonchev–Trinajstić information content (AvgIpc) is 2.78. The van der Waals surface area contributed by atoms with Crippen LogP contribution in [0.2, 0.25) is 5.02 Å². The molecule has 1 N–H and O–H groups in total. The van der Waals surface area contributed by atoms with Crippen molar-refractivity contribution >= 4 is 11.6 Å². The summed E-state index contributed by atoms with van der Waals surface area (Å²) in [6.07, 6.45) is 0.887. The summed E-state index contributed by atoms with van der Waals surface area (Å²) in [7, 11) is 3.27. The first-order valence-corrected chi connectivity index (χ1v) is 7.83. The first-order chi connectivity index (χ1) is 10.8. The molecule has 0 radical (unpaired) electrons. The zero-order valence-electron chi connectivity index (χ0n) is 12.9. The van der Waals surface area contributed by atoms with Crippen LogP contribution in [0.5, 0.6) is 11.5 Å². The summed E-state index contributed by atoms with van der Waals surface area (Å²) in [4.78, 5) is 0. The third kappa shape index (κ3) is 2.67. The van der Waals surface area contributed by atoms with E-state index in [2.05, 4.69) is 35.6 Å². The summed E-state index contributed by atoms with van der Waals surface area (Å²) < 4.78 is 10.9. The number of methoxy groups -OCH3 is 2. The second kappa shape index (κ2) is 6.59. The standard InChI is InChI=1S/C18H20ClNO2/c1-21-16-10-14-13(17(19)18(16)22-2)8-9-20-11-15(14)12-6-4-3-5-7-12/h3-7,10,15,20H,8-9,11H2,1-2H3. The largest absolute Gasteiger partial charge is 0.493 e. The van der Waals surface area contributed by atoms with E-state index in [9.17, 15) is 0 Å². The molecular formula is C18H20ClNO2. The molecule has 1 heterocycles. The van der Waals surface area contributed by atoms with Crippen LogP contribution in [-0.2, 0) is 6.42 Å². The van der Waals surface area contributed by atoms with Gasteiger partial charge in [-0.05, 0) is 35.7 Å². The molecule has 0 spiro atoms. The molecule has 1 aliphatic heterocycles. The molecule has 2 aromatic carbocycles. The number of rotatable bonds is 3. The van der Waals surface area contributed by atoms with Gasteiger partial charge < -0.3 is 14.8 Å². The fourth-order valence-corrected chi connectivity index (χ4v) is 3.50. The molecule has 0 aliphatic carbocycles. The van der Waals surface area contributed by atoms with Crippen LogP contribution in [0.1, 0.15) is 22.6 Å². The molecule has 3 rings (SSSR count). The monoisotopic (exact) mass is 317 g/mol. The van der Waals surface area contributed by atoms with Crippen molar-refractivity contribution in [1.82, 2.24) is 5.32 Å². The molecule has 0 aromatic heterocycles. The average molecular weight is 318 g/mol. The lowest BCUT2D eigenvalue weighted by molar-refractivity contribution is 0.354. The molecule has 0 fully saturated rings. The molecule has 3 nitrogen and oxygen atoms in total. The fraction of sp³-hybridized carbons (Fsp3) is 0.333. The Kier molecular flexibility index (Phi) is 4.55. The van der Waals surface area contributed by atoms with Gasteiger partial charge in [-0.1, -0.05) is 41.9 Å². The van der Waals surface area contributed by atoms with Crippen LogP contribution in [0.4, 0.5) is 0 Å². The molecule has 116 valence electrons. The summed E-state index contributed by atoms with van der Waals surface area (Å²) in [6, 6.07) is 12.6. The van der Waals surface area contributed by atoms with Crippen LogP contribution in [0.15, 0.2) is 36.4 Å². The van der Waals surface area contributed by atoms with Crippen molar-refractivity contribution < 1.29 is 9.47 Å². The number of hydrogen-bond donors (Lipinski definition) is 1. The maximum Gasteiger partial charge on any atom is 0.179 e. The van der Waals surface area contributed by atoms with Gasteiger partial charge in [0.2, 0.25) is 0 Å². The second-order valence-corrected chi connectivity index (χ2v) is 5.79. The van der Waals surface area contributed by atoms with E-state index in [0.29, 0.717) is 16.5 Å². The smallest absolute Gasteiger partial charge is 0.179 e. The normalized spacial score (nSPS) is 17.5. The topological polar surface area (TPSA) is 30.5 Å². The Morgan fingerprint density at radius 2 is 1.91 bits per heavy atom. The maximum absolute atomic E-state index is 6.60. The Balaban J connectivity index is 2.18. The van der Waals surface area contributed by atoms with Crippen molar-refractivity contribution in [2.45, 2.75) is 12.3 Å². The van der Waals surface area contributed by atoms with Gasteiger partial charge in [0.05, 0.1) is 19.2 Å². The van der Waals surface area contributed by atoms with Gasteiger partial charge in [0, 0.05) is 12.5 Å². The molecule has 22 heavy (non-hydrogen) atoms. The molecule has 0 amide bonds. The van der Waals surface area contributed by atoms with Gasteiger partial charge in [-0.25, -0.2) is 0 Å². The molecule has 1 aliphatic rings. The molecule has 1 atom stereocenters. The minimum atomic E-state index is 0.260. The summed E-state index contributed by atoms with van der Waals surface area (Å²) >= 11 is 6.60. The van der Waals surface area contributed by atoms with E-state index < -0.39 is 0 Å². The van der Waals surface area contributed by atoms with Crippen molar-refractivity contribution in [1.29, 1.82) is 0 Å². The van der Waals surface area contributed by atoms with Gasteiger partial charge in [-0.3, -0.25) is 0 Å². The third-order valence-electron chi connectivity index (χ3n) is 4.22. The number of hydrogen-bond acceptors (Lipinski definition) is 3. The van der Waals surface area contributed by atoms with E-state index >= 15 is 0 Å². The van der Waals surface area contributed by atoms with Crippen LogP contribution in [-0.4, -0.2) is 27.3 Å². The molecular weight excluding hydrogens is 298 g/mol. The Labute approximate surface area is 136 Å². The number of benzene rings is 2. The van der Waals surface area contributed by atoms with E-state index in [-0.39, 0.29) is 5.92 Å². The first-order valence-electron chi connectivity index (χ1n) is 7.45. The lowest BCUT2D eigenvalue weighted by Crippen LogP contribution is -2.20. The third-order valence-corrected chi connectivity index (χ3v) is 4.62. The molecule has 1 unspecified atom stereocenters. The van der Waals surface area contributed by atoms with E-state index in [0.717, 1.165) is 25.1 Å². The Morgan fingerprint density at radius 3 is 2.59 bits per heavy atom. The SMILES string of the molecule is COc1cc2c(c(Cl)c1OC)CCNCC2c1ccccc1. The van der Waals surface area contributed by atoms with Crippen LogP contribution in [0.3, 0.4) is 0 Å². The molecule has 0 saturated carbocycles. The summed E-state index contributed by atoms with van der Waals surface area (Å²) in [5.41, 5.74) is 3.65. The zero-order valence-corrected chi connectivity index (χ0v) is 13.6.